The van der Waals surface area contributed by atoms with Gasteiger partial charge >= 0.3 is 0 Å². The maximum atomic E-state index is 6.52. The number of nitrogens with zero attached hydrogens (tertiary/aromatic N) is 2. The molecule has 0 N–H and O–H groups in total. The molecular weight excluding hydrogens is 232 g/mol. The number of pyridine rings is 1. The summed E-state index contributed by atoms with van der Waals surface area (Å²) in [5.41, 5.74) is 2.60. The van der Waals surface area contributed by atoms with Crippen molar-refractivity contribution in [2.45, 2.75) is 24.6 Å². The van der Waals surface area contributed by atoms with E-state index >= 15 is 0 Å². The number of rotatable bonds is 2. The van der Waals surface area contributed by atoms with E-state index in [0.29, 0.717) is 5.92 Å². The Morgan fingerprint density at radius 2 is 2.24 bits per heavy atom. The Kier molecular flexibility index (Phi) is 3.06. The lowest BCUT2D eigenvalue weighted by Gasteiger charge is -2.45. The smallest absolute Gasteiger partial charge is 0.0760 e. The summed E-state index contributed by atoms with van der Waals surface area (Å²) in [6, 6.07) is 4.10. The van der Waals surface area contributed by atoms with Crippen molar-refractivity contribution in [1.82, 2.24) is 9.88 Å². The fraction of sp³-hybridized carbons (Fsp3) is 0.500. The van der Waals surface area contributed by atoms with Crippen LogP contribution >= 0.6 is 11.6 Å². The lowest BCUT2D eigenvalue weighted by molar-refractivity contribution is 0.164. The van der Waals surface area contributed by atoms with Crippen molar-refractivity contribution in [2.75, 3.05) is 13.1 Å². The number of alkyl halides is 1. The molecule has 90 valence electrons. The Hall–Kier alpha value is -1.02. The van der Waals surface area contributed by atoms with E-state index in [2.05, 4.69) is 22.0 Å². The summed E-state index contributed by atoms with van der Waals surface area (Å²) in [6.07, 6.45) is 9.50. The summed E-state index contributed by atoms with van der Waals surface area (Å²) < 4.78 is 0. The second kappa shape index (κ2) is 4.69. The number of fused-ring (bicyclic) bond motifs is 3. The summed E-state index contributed by atoms with van der Waals surface area (Å²) >= 11 is 6.52. The molecule has 3 aliphatic rings. The van der Waals surface area contributed by atoms with Gasteiger partial charge < -0.3 is 4.90 Å². The summed E-state index contributed by atoms with van der Waals surface area (Å²) in [4.78, 5) is 6.59. The van der Waals surface area contributed by atoms with E-state index in [1.165, 1.54) is 37.2 Å². The third-order valence-electron chi connectivity index (χ3n) is 3.87. The molecule has 3 fully saturated rings. The summed E-state index contributed by atoms with van der Waals surface area (Å²) in [6.45, 7) is 2.37. The molecule has 3 saturated heterocycles. The zero-order chi connectivity index (χ0) is 11.7. The van der Waals surface area contributed by atoms with Gasteiger partial charge in [-0.3, -0.25) is 4.98 Å². The zero-order valence-electron chi connectivity index (χ0n) is 9.85. The average Bonchev–Trinajstić information content (AvgIpc) is 2.40. The second-order valence-electron chi connectivity index (χ2n) is 4.92. The maximum Gasteiger partial charge on any atom is 0.0760 e. The van der Waals surface area contributed by atoms with Crippen LogP contribution in [0.5, 0.6) is 0 Å². The van der Waals surface area contributed by atoms with Crippen LogP contribution in [0.15, 0.2) is 36.3 Å². The molecule has 4 heterocycles. The van der Waals surface area contributed by atoms with Crippen LogP contribution in [0.25, 0.3) is 0 Å². The van der Waals surface area contributed by atoms with Gasteiger partial charge in [0.1, 0.15) is 0 Å². The third-order valence-corrected chi connectivity index (χ3v) is 4.45. The van der Waals surface area contributed by atoms with Crippen molar-refractivity contribution in [3.63, 3.8) is 0 Å². The summed E-state index contributed by atoms with van der Waals surface area (Å²) in [5, 5.41) is 0.231. The normalized spacial score (nSPS) is 29.9. The highest BCUT2D eigenvalue weighted by atomic mass is 35.5. The standard InChI is InChI=1S/C14H17ClN2/c15-14-12-5-8-17(9-6-12)13(14)4-3-11-2-1-7-16-10-11/h1-2,4,7,10,12,14H,3,5-6,8-9H2. The first-order chi connectivity index (χ1) is 8.34. The van der Waals surface area contributed by atoms with Gasteiger partial charge in [-0.1, -0.05) is 12.1 Å². The number of halogens is 1. The van der Waals surface area contributed by atoms with E-state index < -0.39 is 0 Å². The lowest BCUT2D eigenvalue weighted by atomic mass is 9.85. The second-order valence-corrected chi connectivity index (χ2v) is 5.39. The fourth-order valence-electron chi connectivity index (χ4n) is 2.85. The SMILES string of the molecule is ClC1C(=CCc2cccnc2)N2CCC1CC2. The molecule has 0 radical (unpaired) electrons. The van der Waals surface area contributed by atoms with Gasteiger partial charge in [-0.2, -0.15) is 0 Å². The minimum atomic E-state index is 0.231. The van der Waals surface area contributed by atoms with Crippen molar-refractivity contribution in [2.24, 2.45) is 5.92 Å². The van der Waals surface area contributed by atoms with Crippen LogP contribution in [-0.4, -0.2) is 28.4 Å². The van der Waals surface area contributed by atoms with Crippen LogP contribution in [0, 0.1) is 5.92 Å². The number of allylic oxidation sites excluding steroid dienone is 2. The molecule has 4 rings (SSSR count). The topological polar surface area (TPSA) is 16.1 Å². The molecule has 2 bridgehead atoms. The van der Waals surface area contributed by atoms with Crippen molar-refractivity contribution >= 4 is 11.6 Å². The molecule has 17 heavy (non-hydrogen) atoms. The quantitative estimate of drug-likeness (QED) is 0.749. The van der Waals surface area contributed by atoms with Crippen LogP contribution in [-0.2, 0) is 6.42 Å². The molecule has 3 heteroatoms. The first kappa shape index (κ1) is 11.1. The van der Waals surface area contributed by atoms with E-state index in [-0.39, 0.29) is 5.38 Å². The molecule has 1 atom stereocenters. The van der Waals surface area contributed by atoms with E-state index in [0.717, 1.165) is 6.42 Å². The first-order valence-corrected chi connectivity index (χ1v) is 6.76. The molecule has 3 aliphatic heterocycles. The van der Waals surface area contributed by atoms with E-state index in [9.17, 15) is 0 Å². The van der Waals surface area contributed by atoms with Gasteiger partial charge in [0.25, 0.3) is 0 Å². The van der Waals surface area contributed by atoms with Crippen LogP contribution in [0.3, 0.4) is 0 Å². The highest BCUT2D eigenvalue weighted by Crippen LogP contribution is 2.38. The number of hydrogen-bond acceptors (Lipinski definition) is 2. The molecule has 0 aliphatic carbocycles. The number of hydrogen-bond donors (Lipinski definition) is 0. The number of piperidine rings is 3. The van der Waals surface area contributed by atoms with Gasteiger partial charge in [0.2, 0.25) is 0 Å². The van der Waals surface area contributed by atoms with E-state index in [1.54, 1.807) is 0 Å². The van der Waals surface area contributed by atoms with Crippen LogP contribution < -0.4 is 0 Å². The first-order valence-electron chi connectivity index (χ1n) is 6.32. The number of aromatic nitrogens is 1. The van der Waals surface area contributed by atoms with Crippen molar-refractivity contribution in [3.8, 4) is 0 Å². The zero-order valence-corrected chi connectivity index (χ0v) is 10.6. The molecule has 0 spiro atoms. The Bertz CT molecular complexity index is 403. The molecule has 0 amide bonds. The largest absolute Gasteiger partial charge is 0.374 e. The Morgan fingerprint density at radius 3 is 2.88 bits per heavy atom. The van der Waals surface area contributed by atoms with Gasteiger partial charge in [0, 0.05) is 31.2 Å². The van der Waals surface area contributed by atoms with Gasteiger partial charge in [0.15, 0.2) is 0 Å². The predicted octanol–water partition coefficient (Wildman–Crippen LogP) is 2.84. The summed E-state index contributed by atoms with van der Waals surface area (Å²) in [5.74, 6) is 0.696. The molecular formula is C14H17ClN2. The van der Waals surface area contributed by atoms with Gasteiger partial charge in [-0.25, -0.2) is 0 Å². The average molecular weight is 249 g/mol. The minimum absolute atomic E-state index is 0.231. The molecule has 1 unspecified atom stereocenters. The Labute approximate surface area is 107 Å². The van der Waals surface area contributed by atoms with Gasteiger partial charge in [-0.15, -0.1) is 11.6 Å². The molecule has 0 aromatic carbocycles. The fourth-order valence-corrected chi connectivity index (χ4v) is 3.33. The Balaban J connectivity index is 1.75. The molecule has 1 aromatic rings. The highest BCUT2D eigenvalue weighted by Gasteiger charge is 2.36. The van der Waals surface area contributed by atoms with Crippen LogP contribution in [0.4, 0.5) is 0 Å². The Morgan fingerprint density at radius 1 is 1.41 bits per heavy atom. The molecule has 2 nitrogen and oxygen atoms in total. The predicted molar refractivity (Wildman–Crippen MR) is 70.0 cm³/mol. The summed E-state index contributed by atoms with van der Waals surface area (Å²) in [7, 11) is 0. The maximum absolute atomic E-state index is 6.52. The van der Waals surface area contributed by atoms with Crippen molar-refractivity contribution < 1.29 is 0 Å². The lowest BCUT2D eigenvalue weighted by Crippen LogP contribution is -2.46. The monoisotopic (exact) mass is 248 g/mol. The van der Waals surface area contributed by atoms with Crippen LogP contribution in [0.2, 0.25) is 0 Å². The van der Waals surface area contributed by atoms with E-state index in [4.69, 9.17) is 11.6 Å². The van der Waals surface area contributed by atoms with Crippen LogP contribution in [0.1, 0.15) is 18.4 Å². The van der Waals surface area contributed by atoms with Gasteiger partial charge in [-0.05, 0) is 36.8 Å². The van der Waals surface area contributed by atoms with E-state index in [1.807, 2.05) is 18.5 Å². The molecule has 0 saturated carbocycles. The van der Waals surface area contributed by atoms with Gasteiger partial charge in [0.05, 0.1) is 5.38 Å². The molecule has 1 aromatic heterocycles. The van der Waals surface area contributed by atoms with Crippen molar-refractivity contribution in [1.29, 1.82) is 0 Å². The van der Waals surface area contributed by atoms with Crippen molar-refractivity contribution in [3.05, 3.63) is 41.9 Å². The third kappa shape index (κ3) is 2.19. The highest BCUT2D eigenvalue weighted by molar-refractivity contribution is 6.22. The minimum Gasteiger partial charge on any atom is -0.374 e.